The Balaban J connectivity index is 2.94. The third kappa shape index (κ3) is 0.724. The molecule has 0 saturated carbocycles. The van der Waals surface area contributed by atoms with Crippen LogP contribution >= 0.6 is 0 Å². The molecular formula is C7H7N3O. The zero-order chi connectivity index (χ0) is 7.84. The first-order valence-corrected chi connectivity index (χ1v) is 3.18. The molecule has 0 saturated heterocycles. The van der Waals surface area contributed by atoms with Gasteiger partial charge >= 0.3 is 0 Å². The molecule has 4 nitrogen and oxygen atoms in total. The second-order valence-electron chi connectivity index (χ2n) is 2.29. The quantitative estimate of drug-likeness (QED) is 0.547. The van der Waals surface area contributed by atoms with Gasteiger partial charge in [-0.1, -0.05) is 11.2 Å². The van der Waals surface area contributed by atoms with Crippen LogP contribution in [-0.4, -0.2) is 5.16 Å². The first-order valence-electron chi connectivity index (χ1n) is 3.18. The lowest BCUT2D eigenvalue weighted by Gasteiger charge is -1.90. The monoisotopic (exact) mass is 149 g/mol. The van der Waals surface area contributed by atoms with Crippen LogP contribution in [-0.2, 0) is 0 Å². The fourth-order valence-electron chi connectivity index (χ4n) is 1.00. The van der Waals surface area contributed by atoms with E-state index in [1.165, 1.54) is 0 Å². The molecule has 0 spiro atoms. The Labute approximate surface area is 62.8 Å². The van der Waals surface area contributed by atoms with Crippen molar-refractivity contribution in [2.45, 2.75) is 0 Å². The molecule has 1 heterocycles. The Morgan fingerprint density at radius 3 is 2.82 bits per heavy atom. The summed E-state index contributed by atoms with van der Waals surface area (Å²) in [6, 6.07) is 5.37. The maximum atomic E-state index is 5.58. The predicted octanol–water partition coefficient (Wildman–Crippen LogP) is 0.992. The number of rotatable bonds is 0. The molecule has 0 fully saturated rings. The summed E-state index contributed by atoms with van der Waals surface area (Å²) in [4.78, 5) is 0. The second-order valence-corrected chi connectivity index (χ2v) is 2.29. The number of nitrogens with zero attached hydrogens (tertiary/aromatic N) is 1. The number of benzene rings is 1. The van der Waals surface area contributed by atoms with Crippen LogP contribution in [0.3, 0.4) is 0 Å². The van der Waals surface area contributed by atoms with Crippen LogP contribution in [0.1, 0.15) is 0 Å². The number of aromatic nitrogens is 1. The maximum Gasteiger partial charge on any atom is 0.191 e. The summed E-state index contributed by atoms with van der Waals surface area (Å²) in [5, 5.41) is 4.35. The van der Waals surface area contributed by atoms with Gasteiger partial charge in [0.15, 0.2) is 11.4 Å². The van der Waals surface area contributed by atoms with E-state index in [1.54, 1.807) is 6.07 Å². The molecule has 2 aromatic rings. The van der Waals surface area contributed by atoms with Crippen LogP contribution in [0.15, 0.2) is 22.7 Å². The molecule has 0 unspecified atom stereocenters. The lowest BCUT2D eigenvalue weighted by atomic mass is 10.2. The van der Waals surface area contributed by atoms with E-state index >= 15 is 0 Å². The lowest BCUT2D eigenvalue weighted by Crippen LogP contribution is -1.85. The van der Waals surface area contributed by atoms with Gasteiger partial charge in [0.25, 0.3) is 0 Å². The molecule has 4 N–H and O–H groups in total. The Kier molecular flexibility index (Phi) is 1.03. The van der Waals surface area contributed by atoms with E-state index in [-0.39, 0.29) is 0 Å². The number of para-hydroxylation sites is 1. The van der Waals surface area contributed by atoms with Gasteiger partial charge in [-0.25, -0.2) is 0 Å². The lowest BCUT2D eigenvalue weighted by molar-refractivity contribution is 0.461. The van der Waals surface area contributed by atoms with E-state index in [2.05, 4.69) is 5.16 Å². The molecule has 0 atom stereocenters. The van der Waals surface area contributed by atoms with Gasteiger partial charge in [-0.2, -0.15) is 0 Å². The molecule has 2 rings (SSSR count). The Bertz CT molecular complexity index is 393. The molecule has 0 aliphatic rings. The fourth-order valence-corrected chi connectivity index (χ4v) is 1.00. The average Bonchev–Trinajstić information content (AvgIpc) is 2.35. The van der Waals surface area contributed by atoms with E-state index in [1.807, 2.05) is 12.1 Å². The van der Waals surface area contributed by atoms with Crippen LogP contribution in [0, 0.1) is 0 Å². The molecule has 11 heavy (non-hydrogen) atoms. The fraction of sp³-hybridized carbons (Fsp3) is 0. The van der Waals surface area contributed by atoms with Gasteiger partial charge in [0, 0.05) is 0 Å². The Hall–Kier alpha value is -1.71. The summed E-state index contributed by atoms with van der Waals surface area (Å²) in [6.07, 6.45) is 0. The molecule has 1 aromatic heterocycles. The van der Waals surface area contributed by atoms with Crippen LogP contribution in [0.25, 0.3) is 11.0 Å². The van der Waals surface area contributed by atoms with E-state index < -0.39 is 0 Å². The first-order chi connectivity index (χ1) is 5.29. The number of hydrogen-bond donors (Lipinski definition) is 2. The molecule has 0 bridgehead atoms. The summed E-state index contributed by atoms with van der Waals surface area (Å²) >= 11 is 0. The highest BCUT2D eigenvalue weighted by molar-refractivity contribution is 5.94. The van der Waals surface area contributed by atoms with Crippen molar-refractivity contribution in [3.63, 3.8) is 0 Å². The summed E-state index contributed by atoms with van der Waals surface area (Å²) < 4.78 is 4.88. The highest BCUT2D eigenvalue weighted by Crippen LogP contribution is 2.24. The zero-order valence-electron chi connectivity index (χ0n) is 5.74. The van der Waals surface area contributed by atoms with Crippen LogP contribution in [0.2, 0.25) is 0 Å². The van der Waals surface area contributed by atoms with Gasteiger partial charge in [0.1, 0.15) is 0 Å². The van der Waals surface area contributed by atoms with E-state index in [9.17, 15) is 0 Å². The van der Waals surface area contributed by atoms with Gasteiger partial charge in [0.05, 0.1) is 11.1 Å². The largest absolute Gasteiger partial charge is 0.396 e. The normalized spacial score (nSPS) is 10.5. The molecule has 56 valence electrons. The van der Waals surface area contributed by atoms with E-state index in [4.69, 9.17) is 16.0 Å². The molecule has 0 aliphatic carbocycles. The number of fused-ring (bicyclic) bond motifs is 1. The maximum absolute atomic E-state index is 5.58. The average molecular weight is 149 g/mol. The number of nitrogens with two attached hydrogens (primary N) is 2. The zero-order valence-corrected chi connectivity index (χ0v) is 5.74. The van der Waals surface area contributed by atoms with Crippen molar-refractivity contribution in [1.29, 1.82) is 0 Å². The van der Waals surface area contributed by atoms with Gasteiger partial charge in [-0.05, 0) is 12.1 Å². The smallest absolute Gasteiger partial charge is 0.191 e. The summed E-state index contributed by atoms with van der Waals surface area (Å²) in [5.74, 6) is 0.382. The summed E-state index contributed by atoms with van der Waals surface area (Å²) in [5.41, 5.74) is 12.2. The SMILES string of the molecule is Nc1noc2c(N)cccc12. The predicted molar refractivity (Wildman–Crippen MR) is 42.8 cm³/mol. The molecule has 4 heteroatoms. The Morgan fingerprint density at radius 2 is 2.09 bits per heavy atom. The molecular weight excluding hydrogens is 142 g/mol. The summed E-state index contributed by atoms with van der Waals surface area (Å²) in [6.45, 7) is 0. The minimum Gasteiger partial charge on any atom is -0.396 e. The number of anilines is 2. The van der Waals surface area contributed by atoms with Crippen molar-refractivity contribution in [2.75, 3.05) is 11.5 Å². The van der Waals surface area contributed by atoms with Crippen LogP contribution in [0.5, 0.6) is 0 Å². The van der Waals surface area contributed by atoms with Crippen molar-refractivity contribution in [1.82, 2.24) is 5.16 Å². The molecule has 0 aliphatic heterocycles. The van der Waals surface area contributed by atoms with E-state index in [0.717, 1.165) is 5.39 Å². The molecule has 1 aromatic carbocycles. The summed E-state index contributed by atoms with van der Waals surface area (Å²) in [7, 11) is 0. The Morgan fingerprint density at radius 1 is 1.27 bits per heavy atom. The second kappa shape index (κ2) is 1.88. The van der Waals surface area contributed by atoms with Crippen molar-refractivity contribution in [3.05, 3.63) is 18.2 Å². The minimum absolute atomic E-state index is 0.382. The van der Waals surface area contributed by atoms with E-state index in [0.29, 0.717) is 17.1 Å². The van der Waals surface area contributed by atoms with Crippen LogP contribution in [0.4, 0.5) is 11.5 Å². The topological polar surface area (TPSA) is 78.1 Å². The van der Waals surface area contributed by atoms with Gasteiger partial charge in [-0.15, -0.1) is 0 Å². The highest BCUT2D eigenvalue weighted by atomic mass is 16.5. The van der Waals surface area contributed by atoms with Crippen LogP contribution < -0.4 is 11.5 Å². The number of nitrogen functional groups attached to an aromatic ring is 2. The molecule has 0 amide bonds. The number of hydrogen-bond acceptors (Lipinski definition) is 4. The third-order valence-corrected chi connectivity index (χ3v) is 1.56. The van der Waals surface area contributed by atoms with Crippen molar-refractivity contribution in [3.8, 4) is 0 Å². The highest BCUT2D eigenvalue weighted by Gasteiger charge is 2.05. The third-order valence-electron chi connectivity index (χ3n) is 1.56. The van der Waals surface area contributed by atoms with Crippen molar-refractivity contribution in [2.24, 2.45) is 0 Å². The molecule has 0 radical (unpaired) electrons. The standard InChI is InChI=1S/C7H7N3O/c8-5-3-1-2-4-6(5)11-10-7(4)9/h1-3H,8H2,(H2,9,10). The van der Waals surface area contributed by atoms with Gasteiger partial charge in [0.2, 0.25) is 0 Å². The van der Waals surface area contributed by atoms with Gasteiger partial charge < -0.3 is 16.0 Å². The minimum atomic E-state index is 0.382. The van der Waals surface area contributed by atoms with Gasteiger partial charge in [-0.3, -0.25) is 0 Å². The first kappa shape index (κ1) is 6.03. The van der Waals surface area contributed by atoms with Crippen molar-refractivity contribution >= 4 is 22.5 Å². The van der Waals surface area contributed by atoms with Crippen molar-refractivity contribution < 1.29 is 4.52 Å².